The van der Waals surface area contributed by atoms with E-state index in [-0.39, 0.29) is 72.8 Å². The fourth-order valence-electron chi connectivity index (χ4n) is 18.9. The van der Waals surface area contributed by atoms with Gasteiger partial charge in [0, 0.05) is 198 Å². The predicted molar refractivity (Wildman–Crippen MR) is 512 cm³/mol. The normalized spacial score (nSPS) is 26.8. The van der Waals surface area contributed by atoms with Gasteiger partial charge in [-0.25, -0.2) is 44.4 Å². The van der Waals surface area contributed by atoms with Gasteiger partial charge >= 0.3 is 11.9 Å². The van der Waals surface area contributed by atoms with Gasteiger partial charge in [0.2, 0.25) is 23.6 Å². The van der Waals surface area contributed by atoms with Crippen molar-refractivity contribution in [3.8, 4) is 11.3 Å². The van der Waals surface area contributed by atoms with Crippen molar-refractivity contribution in [2.45, 2.75) is 251 Å². The van der Waals surface area contributed by atoms with E-state index in [0.717, 1.165) is 86.1 Å². The molecule has 4 saturated heterocycles. The van der Waals surface area contributed by atoms with Crippen molar-refractivity contribution < 1.29 is 91.3 Å². The van der Waals surface area contributed by atoms with E-state index < -0.39 is 95.9 Å². The molecule has 0 spiro atoms. The number of Topliss-reactive ketones (excluding diaryl/α,β-unsaturated/α-hetero) is 4. The van der Waals surface area contributed by atoms with Crippen LogP contribution in [0.5, 0.6) is 0 Å². The maximum atomic E-state index is 14.7. The molecular weight excluding hydrogens is 1740 g/mol. The number of aromatic nitrogens is 10. The zero-order valence-electron chi connectivity index (χ0n) is 81.4. The molecule has 2 bridgehead atoms. The lowest BCUT2D eigenvalue weighted by Crippen LogP contribution is -2.61. The fraction of sp³-hybridized carbons (Fsp3) is 0.630. The number of nitrogen functional groups attached to an aromatic ring is 1. The predicted octanol–water partition coefficient (Wildman–Crippen LogP) is 10.1. The molecule has 11 heterocycles. The summed E-state index contributed by atoms with van der Waals surface area (Å²) in [5, 5.41) is 33.0. The number of fused-ring (bicyclic) bond motifs is 5. The third-order valence-corrected chi connectivity index (χ3v) is 27.2. The molecule has 0 aromatic carbocycles. The van der Waals surface area contributed by atoms with Crippen molar-refractivity contribution in [2.24, 2.45) is 35.5 Å². The Morgan fingerprint density at radius 2 is 1.46 bits per heavy atom. The van der Waals surface area contributed by atoms with Crippen molar-refractivity contribution in [1.82, 2.24) is 69.7 Å². The van der Waals surface area contributed by atoms with E-state index in [1.165, 1.54) is 18.3 Å². The highest BCUT2D eigenvalue weighted by atomic mass is 16.6. The van der Waals surface area contributed by atoms with Crippen LogP contribution in [0, 0.1) is 35.5 Å². The highest BCUT2D eigenvalue weighted by Crippen LogP contribution is 2.40. The van der Waals surface area contributed by atoms with Crippen molar-refractivity contribution >= 4 is 92.6 Å². The quantitative estimate of drug-likeness (QED) is 0.0117. The molecule has 3 amide bonds. The zero-order chi connectivity index (χ0) is 97.5. The van der Waals surface area contributed by atoms with E-state index in [0.29, 0.717) is 195 Å². The van der Waals surface area contributed by atoms with Gasteiger partial charge in [-0.2, -0.15) is 5.10 Å². The number of rotatable bonds is 31. The molecule has 5 aliphatic heterocycles. The number of ether oxygens (including phenoxy) is 8. The first kappa shape index (κ1) is 106. The van der Waals surface area contributed by atoms with Crippen molar-refractivity contribution in [2.75, 3.05) is 136 Å². The Bertz CT molecular complexity index is 5070. The number of anilines is 3. The Balaban J connectivity index is 0.000000304. The highest BCUT2D eigenvalue weighted by molar-refractivity contribution is 6.39. The van der Waals surface area contributed by atoms with Crippen LogP contribution < -0.4 is 20.9 Å². The molecule has 6 N–H and O–H groups in total. The number of piperidine rings is 1. The zero-order valence-corrected chi connectivity index (χ0v) is 81.4. The SMILES string of the molecule is CCCN1CCN(c2ncc(C(=O)NCCOCCC(=O)CCCCCn3nc(-c4cnc5[nH]ccc5c4)c4c(N)ncnc43)cn2)CC1.COCCC(=O)N1CCN(c2ncc(CCC(=O)O[C@@H]3CC[C@@H](C[C@@H](C)[C@@H]4CC(=O)[C@H](C)/C=C(\C)[C@@H](O)[C@@H](OC)C(=O)[C@H](C)C[C@H](C)/C=C/C=C/C=C(\C)[C@@H](OC)C[C@@H]5CC[C@@H](C)[C@@](O)(O5)C(=O)C(=O)N5CCCC[C@H]5C(=O)O4)C[C@H]3OC)cn2)CC1. The molecule has 0 unspecified atom stereocenters. The standard InChI is InChI=1S/C66H99N5O16.C34H44N12O3/c1-41-17-13-12-14-18-42(2)54(82-9)37-50-23-20-47(7)66(80,87-50)62(77)63(78)71-27-16-15-19-51(71)64(79)86-55(38-52(72)43(3)34-46(6)60(76)61(84-11)59(75)45(5)33-41)44(4)35-48-21-24-53(56(36-48)83-10)85-58(74)25-22-49-39-67-65(68-40-49)70-30-28-69(29-31-70)57(73)26-32-81-8;1-2-11-44-13-15-45(16-14-44)34-39-21-26(22-40-34)33(48)37-10-18-49-17-8-27(47)6-4-3-5-12-46-32-28(30(35)41-23-42-32)29(43-46)25-19-24-7-9-36-31(24)38-20-25/h12-14,17-18,34,39-41,43-45,47-48,50-51,53-56,60-61,76,80H,15-16,19-33,35-38H2,1-11H3;7,9,19-23H,2-6,8,10-18H2,1H3,(H,36,38)(H,37,48)(H2,35,41,42)/b14-12+,17-13+,42-18+,46-34+;/t41-,43-,44-,45-,47-,48+,50+,51+,53-,54+,55+,56-,60-,61+,66-;/m1./s1. The first-order valence-electron chi connectivity index (χ1n) is 48.6. The number of aliphatic hydroxyl groups excluding tert-OH is 1. The summed E-state index contributed by atoms with van der Waals surface area (Å²) in [6.07, 6.45) is 27.3. The summed E-state index contributed by atoms with van der Waals surface area (Å²) in [4.78, 5) is 166. The maximum Gasteiger partial charge on any atom is 0.329 e. The first-order chi connectivity index (χ1) is 65.5. The number of unbranched alkanes of at least 4 members (excludes halogenated alkanes) is 2. The molecular formula is C100H143N17O19. The van der Waals surface area contributed by atoms with Gasteiger partial charge in [-0.05, 0) is 157 Å². The van der Waals surface area contributed by atoms with Gasteiger partial charge in [-0.1, -0.05) is 84.4 Å². The van der Waals surface area contributed by atoms with Gasteiger partial charge in [0.25, 0.3) is 17.6 Å². The number of methoxy groups -OCH3 is 4. The third kappa shape index (κ3) is 29.3. The lowest BCUT2D eigenvalue weighted by Gasteiger charge is -2.42. The van der Waals surface area contributed by atoms with Crippen LogP contribution in [0.4, 0.5) is 17.7 Å². The largest absolute Gasteiger partial charge is 0.460 e. The number of hydrogen-bond donors (Lipinski definition) is 5. The van der Waals surface area contributed by atoms with Crippen LogP contribution in [0.25, 0.3) is 33.3 Å². The highest BCUT2D eigenvalue weighted by Gasteiger charge is 2.53. The van der Waals surface area contributed by atoms with Crippen LogP contribution >= 0.6 is 0 Å². The molecule has 6 aliphatic rings. The minimum absolute atomic E-state index is 0.00102. The van der Waals surface area contributed by atoms with E-state index in [4.69, 9.17) is 48.7 Å². The Morgan fingerprint density at radius 3 is 2.18 bits per heavy atom. The van der Waals surface area contributed by atoms with Gasteiger partial charge in [-0.3, -0.25) is 43.3 Å². The molecule has 6 aromatic heterocycles. The Labute approximate surface area is 797 Å². The number of amides is 3. The van der Waals surface area contributed by atoms with Crippen LogP contribution in [0.1, 0.15) is 200 Å². The number of H-pyrrole nitrogens is 1. The number of aliphatic hydroxyl groups is 2. The molecule has 36 nitrogen and oxygen atoms in total. The van der Waals surface area contributed by atoms with E-state index in [1.54, 1.807) is 79.2 Å². The number of nitrogens with one attached hydrogen (secondary N) is 2. The van der Waals surface area contributed by atoms with Crippen molar-refractivity contribution in [3.05, 3.63) is 114 Å². The summed E-state index contributed by atoms with van der Waals surface area (Å²) < 4.78 is 48.6. The third-order valence-electron chi connectivity index (χ3n) is 27.2. The molecule has 12 rings (SSSR count). The Kier molecular flexibility index (Phi) is 40.7. The van der Waals surface area contributed by atoms with E-state index >= 15 is 0 Å². The van der Waals surface area contributed by atoms with Crippen LogP contribution in [0.2, 0.25) is 0 Å². The minimum Gasteiger partial charge on any atom is -0.460 e. The summed E-state index contributed by atoms with van der Waals surface area (Å²) in [5.74, 6) is -7.32. The van der Waals surface area contributed by atoms with Crippen molar-refractivity contribution in [1.29, 1.82) is 0 Å². The molecule has 1 aliphatic carbocycles. The second kappa shape index (κ2) is 52.3. The van der Waals surface area contributed by atoms with Crippen LogP contribution in [0.15, 0.2) is 103 Å². The summed E-state index contributed by atoms with van der Waals surface area (Å²) in [7, 11) is 6.09. The number of cyclic esters (lactones) is 1. The van der Waals surface area contributed by atoms with Gasteiger partial charge in [0.1, 0.15) is 65.5 Å². The monoisotopic (exact) mass is 1890 g/mol. The number of ketones is 4. The number of pyridine rings is 1. The lowest BCUT2D eigenvalue weighted by molar-refractivity contribution is -0.265. The Hall–Kier alpha value is -10.6. The van der Waals surface area contributed by atoms with Crippen LogP contribution in [0.3, 0.4) is 0 Å². The number of carbonyl (C=O) groups excluding carboxylic acids is 9. The number of nitrogens with two attached hydrogens (primary N) is 1. The Morgan fingerprint density at radius 1 is 0.728 bits per heavy atom. The molecule has 1 saturated carbocycles. The number of hydrogen-bond acceptors (Lipinski definition) is 31. The topological polar surface area (TPSA) is 446 Å². The van der Waals surface area contributed by atoms with E-state index in [1.807, 2.05) is 90.9 Å². The van der Waals surface area contributed by atoms with Gasteiger partial charge in [0.15, 0.2) is 11.4 Å². The van der Waals surface area contributed by atoms with Crippen LogP contribution in [-0.4, -0.2) is 302 Å². The molecule has 6 aromatic rings. The number of allylic oxidation sites excluding steroid dienone is 6. The van der Waals surface area contributed by atoms with Crippen molar-refractivity contribution in [3.63, 3.8) is 0 Å². The smallest absolute Gasteiger partial charge is 0.329 e. The average Bonchev–Trinajstić information content (AvgIpc) is 1.73. The second-order valence-electron chi connectivity index (χ2n) is 37.3. The summed E-state index contributed by atoms with van der Waals surface area (Å²) in [6, 6.07) is 2.79. The number of carbonyl (C=O) groups is 9. The molecule has 0 radical (unpaired) electrons. The van der Waals surface area contributed by atoms with Gasteiger partial charge in [-0.15, -0.1) is 0 Å². The molecule has 742 valence electrons. The number of aromatic amines is 1. The number of nitrogens with zero attached hydrogens (tertiary/aromatic N) is 14. The number of esters is 2. The molecule has 15 atom stereocenters. The summed E-state index contributed by atoms with van der Waals surface area (Å²) in [6.45, 7) is 24.1. The molecule has 136 heavy (non-hydrogen) atoms. The van der Waals surface area contributed by atoms with E-state index in [9.17, 15) is 53.4 Å². The van der Waals surface area contributed by atoms with Gasteiger partial charge < -0.3 is 83.7 Å². The average molecular weight is 1890 g/mol. The summed E-state index contributed by atoms with van der Waals surface area (Å²) in [5.41, 5.74) is 11.7. The van der Waals surface area contributed by atoms with Gasteiger partial charge in [0.05, 0.1) is 55.5 Å². The molecule has 36 heteroatoms. The molecule has 5 fully saturated rings. The van der Waals surface area contributed by atoms with E-state index in [2.05, 4.69) is 61.9 Å². The second-order valence-corrected chi connectivity index (χ2v) is 37.3. The fourth-order valence-corrected chi connectivity index (χ4v) is 18.9. The summed E-state index contributed by atoms with van der Waals surface area (Å²) >= 11 is 0. The number of aryl methyl sites for hydroxylation is 2. The first-order valence-corrected chi connectivity index (χ1v) is 48.6. The number of piperazine rings is 2. The maximum absolute atomic E-state index is 14.7. The minimum atomic E-state index is -2.47. The van der Waals surface area contributed by atoms with Crippen LogP contribution in [-0.2, 0) is 89.2 Å². The lowest BCUT2D eigenvalue weighted by atomic mass is 9.78.